The number of hydrogen-bond acceptors (Lipinski definition) is 8. The molecule has 1 N–H and O–H groups in total. The van der Waals surface area contributed by atoms with Crippen LogP contribution in [-0.4, -0.2) is 42.2 Å². The van der Waals surface area contributed by atoms with Gasteiger partial charge in [-0.3, -0.25) is 4.98 Å². The number of aryl methyl sites for hydroxylation is 1. The molecule has 0 saturated carbocycles. The standard InChI is InChI=1S/C14H19N3O5/c1-5-21-13(18)10(14(19)22-6-2)7-16-11-8-15-9(3)12(17-11)20-4/h7-8H,5-6H2,1-4H3,(H,16,17). The number of carbonyl (C=O) groups is 2. The molecule has 22 heavy (non-hydrogen) atoms. The lowest BCUT2D eigenvalue weighted by atomic mass is 10.3. The van der Waals surface area contributed by atoms with Gasteiger partial charge in [-0.15, -0.1) is 0 Å². The van der Waals surface area contributed by atoms with Crippen molar-refractivity contribution in [2.75, 3.05) is 25.6 Å². The highest BCUT2D eigenvalue weighted by atomic mass is 16.6. The summed E-state index contributed by atoms with van der Waals surface area (Å²) in [5, 5.41) is 2.71. The second-order valence-corrected chi connectivity index (χ2v) is 3.99. The Morgan fingerprint density at radius 2 is 1.82 bits per heavy atom. The molecular weight excluding hydrogens is 290 g/mol. The van der Waals surface area contributed by atoms with Crippen LogP contribution in [0.5, 0.6) is 5.88 Å². The molecule has 0 aliphatic heterocycles. The van der Waals surface area contributed by atoms with Crippen molar-refractivity contribution >= 4 is 17.8 Å². The van der Waals surface area contributed by atoms with Crippen LogP contribution < -0.4 is 10.1 Å². The van der Waals surface area contributed by atoms with E-state index in [9.17, 15) is 9.59 Å². The molecule has 1 heterocycles. The minimum Gasteiger partial charge on any atom is -0.480 e. The van der Waals surface area contributed by atoms with Crippen molar-refractivity contribution in [2.45, 2.75) is 20.8 Å². The Labute approximate surface area is 128 Å². The third-order valence-corrected chi connectivity index (χ3v) is 2.46. The van der Waals surface area contributed by atoms with Crippen molar-refractivity contribution in [3.8, 4) is 5.88 Å². The Bertz CT molecular complexity index is 552. The SMILES string of the molecule is CCOC(=O)C(=CNc1cnc(C)c(OC)n1)C(=O)OCC. The van der Waals surface area contributed by atoms with Gasteiger partial charge in [0, 0.05) is 6.20 Å². The van der Waals surface area contributed by atoms with E-state index in [1.807, 2.05) is 0 Å². The average molecular weight is 309 g/mol. The van der Waals surface area contributed by atoms with Gasteiger partial charge in [-0.25, -0.2) is 9.59 Å². The van der Waals surface area contributed by atoms with Crippen LogP contribution >= 0.6 is 0 Å². The van der Waals surface area contributed by atoms with E-state index in [1.54, 1.807) is 20.8 Å². The molecule has 0 fully saturated rings. The van der Waals surface area contributed by atoms with Gasteiger partial charge in [-0.2, -0.15) is 4.98 Å². The molecule has 0 radical (unpaired) electrons. The van der Waals surface area contributed by atoms with Gasteiger partial charge in [0.05, 0.1) is 32.2 Å². The first-order chi connectivity index (χ1) is 10.5. The van der Waals surface area contributed by atoms with Gasteiger partial charge in [0.15, 0.2) is 11.4 Å². The molecular formula is C14H19N3O5. The lowest BCUT2D eigenvalue weighted by molar-refractivity contribution is -0.146. The Morgan fingerprint density at radius 1 is 1.23 bits per heavy atom. The van der Waals surface area contributed by atoms with Crippen molar-refractivity contribution in [1.82, 2.24) is 9.97 Å². The lowest BCUT2D eigenvalue weighted by Gasteiger charge is -2.08. The van der Waals surface area contributed by atoms with E-state index in [0.29, 0.717) is 17.4 Å². The van der Waals surface area contributed by atoms with Crippen LogP contribution in [-0.2, 0) is 19.1 Å². The van der Waals surface area contributed by atoms with Crippen LogP contribution in [0.25, 0.3) is 0 Å². The first-order valence-electron chi connectivity index (χ1n) is 6.72. The van der Waals surface area contributed by atoms with E-state index < -0.39 is 11.9 Å². The van der Waals surface area contributed by atoms with Crippen LogP contribution in [0.2, 0.25) is 0 Å². The Hall–Kier alpha value is -2.64. The van der Waals surface area contributed by atoms with Crippen LogP contribution in [0.3, 0.4) is 0 Å². The lowest BCUT2D eigenvalue weighted by Crippen LogP contribution is -2.19. The molecule has 120 valence electrons. The number of aromatic nitrogens is 2. The monoisotopic (exact) mass is 309 g/mol. The Kier molecular flexibility index (Phi) is 6.81. The number of esters is 2. The zero-order chi connectivity index (χ0) is 16.5. The van der Waals surface area contributed by atoms with Gasteiger partial charge in [-0.05, 0) is 20.8 Å². The summed E-state index contributed by atoms with van der Waals surface area (Å²) in [5.74, 6) is -0.901. The second kappa shape index (κ2) is 8.60. The zero-order valence-corrected chi connectivity index (χ0v) is 13.0. The highest BCUT2D eigenvalue weighted by Gasteiger charge is 2.21. The van der Waals surface area contributed by atoms with Crippen molar-refractivity contribution in [3.05, 3.63) is 23.7 Å². The summed E-state index contributed by atoms with van der Waals surface area (Å²) in [7, 11) is 1.47. The van der Waals surface area contributed by atoms with E-state index >= 15 is 0 Å². The number of nitrogens with one attached hydrogen (secondary N) is 1. The van der Waals surface area contributed by atoms with Crippen LogP contribution in [0.15, 0.2) is 18.0 Å². The smallest absolute Gasteiger partial charge is 0.347 e. The highest BCUT2D eigenvalue weighted by molar-refractivity contribution is 6.14. The number of methoxy groups -OCH3 is 1. The van der Waals surface area contributed by atoms with Crippen LogP contribution in [0.1, 0.15) is 19.5 Å². The molecule has 0 aliphatic carbocycles. The van der Waals surface area contributed by atoms with Crippen LogP contribution in [0.4, 0.5) is 5.82 Å². The molecule has 0 atom stereocenters. The molecule has 0 amide bonds. The number of carbonyl (C=O) groups excluding carboxylic acids is 2. The summed E-state index contributed by atoms with van der Waals surface area (Å²) in [6.07, 6.45) is 2.62. The summed E-state index contributed by atoms with van der Waals surface area (Å²) in [4.78, 5) is 31.7. The summed E-state index contributed by atoms with van der Waals surface area (Å²) in [6.45, 7) is 5.32. The van der Waals surface area contributed by atoms with E-state index in [0.717, 1.165) is 0 Å². The van der Waals surface area contributed by atoms with Gasteiger partial charge in [0.25, 0.3) is 0 Å². The molecule has 0 aliphatic rings. The molecule has 0 saturated heterocycles. The normalized spacial score (nSPS) is 9.64. The average Bonchev–Trinajstić information content (AvgIpc) is 2.49. The minimum absolute atomic E-state index is 0.147. The number of hydrogen-bond donors (Lipinski definition) is 1. The van der Waals surface area contributed by atoms with Crippen LogP contribution in [0, 0.1) is 6.92 Å². The maximum Gasteiger partial charge on any atom is 0.347 e. The maximum absolute atomic E-state index is 11.8. The van der Waals surface area contributed by atoms with Gasteiger partial charge in [0.2, 0.25) is 5.88 Å². The molecule has 0 spiro atoms. The molecule has 0 aromatic carbocycles. The summed E-state index contributed by atoms with van der Waals surface area (Å²) >= 11 is 0. The van der Waals surface area contributed by atoms with E-state index in [4.69, 9.17) is 14.2 Å². The molecule has 1 aromatic rings. The zero-order valence-electron chi connectivity index (χ0n) is 13.0. The van der Waals surface area contributed by atoms with Crippen molar-refractivity contribution in [1.29, 1.82) is 0 Å². The van der Waals surface area contributed by atoms with Gasteiger partial charge in [0.1, 0.15) is 0 Å². The number of ether oxygens (including phenoxy) is 3. The van der Waals surface area contributed by atoms with Crippen molar-refractivity contribution < 1.29 is 23.8 Å². The van der Waals surface area contributed by atoms with Gasteiger partial charge in [-0.1, -0.05) is 0 Å². The molecule has 0 bridgehead atoms. The second-order valence-electron chi connectivity index (χ2n) is 3.99. The van der Waals surface area contributed by atoms with E-state index in [-0.39, 0.29) is 18.8 Å². The fraction of sp³-hybridized carbons (Fsp3) is 0.429. The van der Waals surface area contributed by atoms with Crippen molar-refractivity contribution in [3.63, 3.8) is 0 Å². The Balaban J connectivity index is 2.97. The predicted octanol–water partition coefficient (Wildman–Crippen LogP) is 1.22. The summed E-state index contributed by atoms with van der Waals surface area (Å²) in [5.41, 5.74) is 0.359. The molecule has 8 heteroatoms. The summed E-state index contributed by atoms with van der Waals surface area (Å²) < 4.78 is 14.7. The predicted molar refractivity (Wildman–Crippen MR) is 78.3 cm³/mol. The largest absolute Gasteiger partial charge is 0.480 e. The summed E-state index contributed by atoms with van der Waals surface area (Å²) in [6, 6.07) is 0. The quantitative estimate of drug-likeness (QED) is 0.347. The van der Waals surface area contributed by atoms with Gasteiger partial charge < -0.3 is 19.5 Å². The van der Waals surface area contributed by atoms with Gasteiger partial charge >= 0.3 is 11.9 Å². The molecule has 0 unspecified atom stereocenters. The number of rotatable bonds is 7. The number of nitrogens with zero attached hydrogens (tertiary/aromatic N) is 2. The fourth-order valence-corrected chi connectivity index (χ4v) is 1.46. The minimum atomic E-state index is -0.777. The van der Waals surface area contributed by atoms with E-state index in [1.165, 1.54) is 19.5 Å². The highest BCUT2D eigenvalue weighted by Crippen LogP contribution is 2.14. The fourth-order valence-electron chi connectivity index (χ4n) is 1.46. The molecule has 8 nitrogen and oxygen atoms in total. The topological polar surface area (TPSA) is 99.6 Å². The first kappa shape index (κ1) is 17.4. The maximum atomic E-state index is 11.8. The van der Waals surface area contributed by atoms with Crippen molar-refractivity contribution in [2.24, 2.45) is 0 Å². The third kappa shape index (κ3) is 4.72. The first-order valence-corrected chi connectivity index (χ1v) is 6.72. The molecule has 1 aromatic heterocycles. The number of anilines is 1. The molecule has 1 rings (SSSR count). The third-order valence-electron chi connectivity index (χ3n) is 2.46. The van der Waals surface area contributed by atoms with E-state index in [2.05, 4.69) is 15.3 Å². The Morgan fingerprint density at radius 3 is 2.32 bits per heavy atom.